The highest BCUT2D eigenvalue weighted by molar-refractivity contribution is 6.02. The molecule has 4 rings (SSSR count). The summed E-state index contributed by atoms with van der Waals surface area (Å²) in [6.45, 7) is 4.55. The molecule has 7 nitrogen and oxygen atoms in total. The number of pyridine rings is 2. The summed E-state index contributed by atoms with van der Waals surface area (Å²) >= 11 is 0. The van der Waals surface area contributed by atoms with Crippen LogP contribution in [0.2, 0.25) is 0 Å². The van der Waals surface area contributed by atoms with E-state index in [0.29, 0.717) is 36.6 Å². The first-order valence-electron chi connectivity index (χ1n) is 10.5. The van der Waals surface area contributed by atoms with Crippen molar-refractivity contribution in [1.82, 2.24) is 15.3 Å². The second-order valence-corrected chi connectivity index (χ2v) is 8.80. The molecule has 0 fully saturated rings. The van der Waals surface area contributed by atoms with E-state index in [9.17, 15) is 14.4 Å². The van der Waals surface area contributed by atoms with E-state index in [0.717, 1.165) is 11.1 Å². The number of hydrogen-bond donors (Lipinski definition) is 2. The minimum Gasteiger partial charge on any atom is -0.473 e. The average Bonchev–Trinajstić information content (AvgIpc) is 2.76. The molecular formula is C25H25N3O4. The number of nitrogens with zero attached hydrogens (tertiary/aromatic N) is 1. The molecule has 0 unspecified atom stereocenters. The van der Waals surface area contributed by atoms with Crippen LogP contribution in [0.4, 0.5) is 0 Å². The molecular weight excluding hydrogens is 406 g/mol. The monoisotopic (exact) mass is 431 g/mol. The lowest BCUT2D eigenvalue weighted by atomic mass is 9.75. The molecule has 1 aliphatic carbocycles. The van der Waals surface area contributed by atoms with Gasteiger partial charge in [-0.2, -0.15) is 0 Å². The predicted octanol–water partition coefficient (Wildman–Crippen LogP) is 3.43. The lowest BCUT2D eigenvalue weighted by Crippen LogP contribution is -2.34. The molecule has 1 aromatic carbocycles. The summed E-state index contributed by atoms with van der Waals surface area (Å²) in [4.78, 5) is 44.6. The van der Waals surface area contributed by atoms with E-state index in [2.05, 4.69) is 15.3 Å². The zero-order valence-corrected chi connectivity index (χ0v) is 18.1. The lowest BCUT2D eigenvalue weighted by molar-refractivity contribution is 0.0910. The van der Waals surface area contributed by atoms with Crippen LogP contribution < -0.4 is 15.6 Å². The number of Topliss-reactive ketones (excluding diaryl/α,β-unsaturated/α-hetero) is 1. The molecule has 2 heterocycles. The number of aromatic amines is 1. The van der Waals surface area contributed by atoms with Crippen LogP contribution in [-0.2, 0) is 19.6 Å². The molecule has 0 atom stereocenters. The van der Waals surface area contributed by atoms with E-state index in [1.807, 2.05) is 44.2 Å². The van der Waals surface area contributed by atoms with Crippen LogP contribution in [0.3, 0.4) is 0 Å². The number of carbonyl (C=O) groups excluding carboxylic acids is 2. The Morgan fingerprint density at radius 3 is 2.66 bits per heavy atom. The molecule has 3 aromatic rings. The van der Waals surface area contributed by atoms with Crippen molar-refractivity contribution in [3.63, 3.8) is 0 Å². The minimum absolute atomic E-state index is 0.0594. The smallest absolute Gasteiger partial charge is 0.261 e. The van der Waals surface area contributed by atoms with Gasteiger partial charge in [-0.3, -0.25) is 14.4 Å². The maximum atomic E-state index is 12.7. The number of aromatic nitrogens is 2. The number of nitrogens with one attached hydrogen (secondary N) is 2. The molecule has 1 aliphatic rings. The third-order valence-corrected chi connectivity index (χ3v) is 5.44. The number of hydrogen-bond acceptors (Lipinski definition) is 5. The Morgan fingerprint density at radius 1 is 1.09 bits per heavy atom. The first kappa shape index (κ1) is 21.5. The number of amides is 1. The van der Waals surface area contributed by atoms with Crippen molar-refractivity contribution in [1.29, 1.82) is 0 Å². The van der Waals surface area contributed by atoms with Gasteiger partial charge in [0.1, 0.15) is 12.2 Å². The van der Waals surface area contributed by atoms with Gasteiger partial charge >= 0.3 is 0 Å². The highest BCUT2D eigenvalue weighted by Crippen LogP contribution is 2.33. The van der Waals surface area contributed by atoms with Gasteiger partial charge in [-0.1, -0.05) is 44.2 Å². The Kier molecular flexibility index (Phi) is 5.90. The molecule has 2 aromatic heterocycles. The van der Waals surface area contributed by atoms with Crippen molar-refractivity contribution < 1.29 is 14.3 Å². The van der Waals surface area contributed by atoms with Crippen molar-refractivity contribution in [3.8, 4) is 5.88 Å². The first-order valence-corrected chi connectivity index (χ1v) is 10.5. The van der Waals surface area contributed by atoms with Gasteiger partial charge < -0.3 is 15.0 Å². The van der Waals surface area contributed by atoms with Crippen LogP contribution in [0, 0.1) is 5.41 Å². The van der Waals surface area contributed by atoms with Crippen LogP contribution in [0.5, 0.6) is 5.88 Å². The zero-order chi connectivity index (χ0) is 22.7. The van der Waals surface area contributed by atoms with Crippen LogP contribution >= 0.6 is 0 Å². The van der Waals surface area contributed by atoms with Crippen LogP contribution in [0.25, 0.3) is 0 Å². The highest BCUT2D eigenvalue weighted by atomic mass is 16.5. The number of H-pyrrole nitrogens is 1. The van der Waals surface area contributed by atoms with Crippen LogP contribution in [0.1, 0.15) is 57.8 Å². The lowest BCUT2D eigenvalue weighted by Gasteiger charge is -2.29. The van der Waals surface area contributed by atoms with E-state index in [1.54, 1.807) is 18.3 Å². The Labute approximate surface area is 185 Å². The molecule has 1 amide bonds. The first-order chi connectivity index (χ1) is 15.3. The summed E-state index contributed by atoms with van der Waals surface area (Å²) in [6, 6.07) is 14.7. The molecule has 0 saturated carbocycles. The molecule has 0 radical (unpaired) electrons. The molecule has 164 valence electrons. The Bertz CT molecular complexity index is 1220. The number of ketones is 1. The molecule has 2 N–H and O–H groups in total. The van der Waals surface area contributed by atoms with E-state index >= 15 is 0 Å². The van der Waals surface area contributed by atoms with E-state index < -0.39 is 11.5 Å². The molecule has 0 bridgehead atoms. The number of rotatable bonds is 6. The Balaban J connectivity index is 1.43. The largest absolute Gasteiger partial charge is 0.473 e. The fraction of sp³-hybridized carbons (Fsp3) is 0.280. The van der Waals surface area contributed by atoms with E-state index in [1.165, 1.54) is 6.07 Å². The molecule has 7 heteroatoms. The standard InChI is InChI=1S/C25H25N3O4/c1-25(2)12-20-18(21(29)13-25)11-19(24(31)28-20)23(30)27-14-17-8-9-26-22(10-17)32-15-16-6-4-3-5-7-16/h3-11H,12-15H2,1-2H3,(H,27,30)(H,28,31). The Hall–Kier alpha value is -3.74. The van der Waals surface area contributed by atoms with E-state index in [-0.39, 0.29) is 23.3 Å². The molecule has 0 saturated heterocycles. The average molecular weight is 431 g/mol. The molecule has 0 spiro atoms. The van der Waals surface area contributed by atoms with Crippen LogP contribution in [0.15, 0.2) is 59.5 Å². The second-order valence-electron chi connectivity index (χ2n) is 8.80. The highest BCUT2D eigenvalue weighted by Gasteiger charge is 2.32. The summed E-state index contributed by atoms with van der Waals surface area (Å²) < 4.78 is 5.72. The fourth-order valence-corrected chi connectivity index (χ4v) is 3.84. The zero-order valence-electron chi connectivity index (χ0n) is 18.1. The maximum Gasteiger partial charge on any atom is 0.261 e. The van der Waals surface area contributed by atoms with Crippen molar-refractivity contribution in [2.24, 2.45) is 5.41 Å². The fourth-order valence-electron chi connectivity index (χ4n) is 3.84. The summed E-state index contributed by atoms with van der Waals surface area (Å²) in [7, 11) is 0. The summed E-state index contributed by atoms with van der Waals surface area (Å²) in [6.07, 6.45) is 2.58. The van der Waals surface area contributed by atoms with Gasteiger partial charge in [0.05, 0.1) is 0 Å². The van der Waals surface area contributed by atoms with Crippen molar-refractivity contribution >= 4 is 11.7 Å². The topological polar surface area (TPSA) is 101 Å². The minimum atomic E-state index is -0.532. The second kappa shape index (κ2) is 8.78. The molecule has 0 aliphatic heterocycles. The number of ether oxygens (including phenoxy) is 1. The van der Waals surface area contributed by atoms with Crippen molar-refractivity contribution in [2.45, 2.75) is 39.8 Å². The number of fused-ring (bicyclic) bond motifs is 1. The SMILES string of the molecule is CC1(C)CC(=O)c2cc(C(=O)NCc3ccnc(OCc4ccccc4)c3)c(=O)[nH]c2C1. The molecule has 32 heavy (non-hydrogen) atoms. The third kappa shape index (κ3) is 4.94. The van der Waals surface area contributed by atoms with E-state index in [4.69, 9.17) is 4.74 Å². The third-order valence-electron chi connectivity index (χ3n) is 5.44. The van der Waals surface area contributed by atoms with Gasteiger partial charge in [0.25, 0.3) is 11.5 Å². The maximum absolute atomic E-state index is 12.7. The van der Waals surface area contributed by atoms with Crippen LogP contribution in [-0.4, -0.2) is 21.7 Å². The summed E-state index contributed by atoms with van der Waals surface area (Å²) in [5, 5.41) is 2.74. The summed E-state index contributed by atoms with van der Waals surface area (Å²) in [5.74, 6) is -0.147. The predicted molar refractivity (Wildman–Crippen MR) is 120 cm³/mol. The van der Waals surface area contributed by atoms with Crippen molar-refractivity contribution in [2.75, 3.05) is 0 Å². The normalized spacial score (nSPS) is 14.5. The quantitative estimate of drug-likeness (QED) is 0.623. The van der Waals surface area contributed by atoms with Gasteiger partial charge in [-0.25, -0.2) is 4.98 Å². The number of benzene rings is 1. The van der Waals surface area contributed by atoms with Gasteiger partial charge in [-0.15, -0.1) is 0 Å². The number of carbonyl (C=O) groups is 2. The summed E-state index contributed by atoms with van der Waals surface area (Å²) in [5.41, 5.74) is 2.07. The van der Waals surface area contributed by atoms with Gasteiger partial charge in [0, 0.05) is 36.5 Å². The van der Waals surface area contributed by atoms with Gasteiger partial charge in [0.2, 0.25) is 5.88 Å². The van der Waals surface area contributed by atoms with Gasteiger partial charge in [-0.05, 0) is 35.1 Å². The van der Waals surface area contributed by atoms with Gasteiger partial charge in [0.15, 0.2) is 5.78 Å². The Morgan fingerprint density at radius 2 is 1.88 bits per heavy atom. The van der Waals surface area contributed by atoms with Crippen molar-refractivity contribution in [3.05, 3.63) is 93.0 Å².